The number of nitrogens with two attached hydrogens (primary N) is 1. The van der Waals surface area contributed by atoms with Gasteiger partial charge in [-0.25, -0.2) is 0 Å². The van der Waals surface area contributed by atoms with Crippen LogP contribution in [0.2, 0.25) is 0 Å². The van der Waals surface area contributed by atoms with E-state index in [1.165, 1.54) is 42.6 Å². The van der Waals surface area contributed by atoms with E-state index in [0.717, 1.165) is 6.54 Å². The Balaban J connectivity index is 2.02. The Bertz CT molecular complexity index is 417. The molecule has 1 aliphatic rings. The highest BCUT2D eigenvalue weighted by molar-refractivity contribution is 5.30. The molecule has 1 heterocycles. The molecule has 1 unspecified atom stereocenters. The van der Waals surface area contributed by atoms with Crippen LogP contribution in [-0.2, 0) is 0 Å². The van der Waals surface area contributed by atoms with Gasteiger partial charge in [0.2, 0.25) is 0 Å². The maximum atomic E-state index is 6.41. The molecule has 0 spiro atoms. The van der Waals surface area contributed by atoms with Crippen LogP contribution < -0.4 is 5.73 Å². The Labute approximate surface area is 118 Å². The van der Waals surface area contributed by atoms with Crippen LogP contribution >= 0.6 is 0 Å². The maximum absolute atomic E-state index is 6.41. The minimum atomic E-state index is 0.132. The van der Waals surface area contributed by atoms with Crippen LogP contribution in [0.3, 0.4) is 0 Å². The SMILES string of the molecule is Cc1cc(C)cc(C(N)CN2CCCC(C)(C)C2)c1. The van der Waals surface area contributed by atoms with Crippen molar-refractivity contribution in [2.75, 3.05) is 19.6 Å². The molecule has 0 amide bonds. The van der Waals surface area contributed by atoms with Gasteiger partial charge in [-0.15, -0.1) is 0 Å². The predicted octanol–water partition coefficient (Wildman–Crippen LogP) is 3.43. The molecule has 1 aromatic rings. The summed E-state index contributed by atoms with van der Waals surface area (Å²) in [4.78, 5) is 2.53. The van der Waals surface area contributed by atoms with Crippen LogP contribution in [0.4, 0.5) is 0 Å². The molecule has 2 nitrogen and oxygen atoms in total. The number of benzene rings is 1. The van der Waals surface area contributed by atoms with Crippen molar-refractivity contribution in [2.24, 2.45) is 11.1 Å². The molecule has 19 heavy (non-hydrogen) atoms. The molecule has 1 aliphatic heterocycles. The van der Waals surface area contributed by atoms with Gasteiger partial charge in [0.05, 0.1) is 0 Å². The lowest BCUT2D eigenvalue weighted by Crippen LogP contribution is -2.43. The summed E-state index contributed by atoms with van der Waals surface area (Å²) in [5.41, 5.74) is 10.8. The Hall–Kier alpha value is -0.860. The number of aryl methyl sites for hydroxylation is 2. The molecule has 0 radical (unpaired) electrons. The second kappa shape index (κ2) is 5.64. The van der Waals surface area contributed by atoms with E-state index in [-0.39, 0.29) is 6.04 Å². The topological polar surface area (TPSA) is 29.3 Å². The number of nitrogens with zero attached hydrogens (tertiary/aromatic N) is 1. The quantitative estimate of drug-likeness (QED) is 0.902. The molecule has 1 saturated heterocycles. The van der Waals surface area contributed by atoms with E-state index in [9.17, 15) is 0 Å². The van der Waals surface area contributed by atoms with E-state index < -0.39 is 0 Å². The molecule has 2 rings (SSSR count). The molecule has 106 valence electrons. The summed E-state index contributed by atoms with van der Waals surface area (Å²) in [6.45, 7) is 12.4. The fourth-order valence-corrected chi connectivity index (χ4v) is 3.31. The summed E-state index contributed by atoms with van der Waals surface area (Å²) in [6.07, 6.45) is 2.63. The molecule has 0 saturated carbocycles. The van der Waals surface area contributed by atoms with Crippen molar-refractivity contribution in [3.63, 3.8) is 0 Å². The van der Waals surface area contributed by atoms with Gasteiger partial charge in [0, 0.05) is 19.1 Å². The van der Waals surface area contributed by atoms with Gasteiger partial charge in [-0.05, 0) is 44.2 Å². The number of piperidine rings is 1. The first kappa shape index (κ1) is 14.5. The van der Waals surface area contributed by atoms with Crippen molar-refractivity contribution in [3.05, 3.63) is 34.9 Å². The lowest BCUT2D eigenvalue weighted by molar-refractivity contribution is 0.112. The Kier molecular flexibility index (Phi) is 4.32. The number of likely N-dealkylation sites (tertiary alicyclic amines) is 1. The molecular formula is C17H28N2. The van der Waals surface area contributed by atoms with Crippen molar-refractivity contribution in [3.8, 4) is 0 Å². The third-order valence-corrected chi connectivity index (χ3v) is 4.11. The largest absolute Gasteiger partial charge is 0.323 e. The summed E-state index contributed by atoms with van der Waals surface area (Å²) in [6, 6.07) is 6.80. The van der Waals surface area contributed by atoms with Gasteiger partial charge in [-0.2, -0.15) is 0 Å². The molecule has 2 N–H and O–H groups in total. The van der Waals surface area contributed by atoms with Crippen LogP contribution in [-0.4, -0.2) is 24.5 Å². The Morgan fingerprint density at radius 2 is 1.84 bits per heavy atom. The van der Waals surface area contributed by atoms with E-state index in [2.05, 4.69) is 50.8 Å². The molecule has 2 heteroatoms. The Morgan fingerprint density at radius 3 is 2.42 bits per heavy atom. The highest BCUT2D eigenvalue weighted by atomic mass is 15.1. The first-order valence-electron chi connectivity index (χ1n) is 7.42. The second-order valence-electron chi connectivity index (χ2n) is 7.03. The lowest BCUT2D eigenvalue weighted by Gasteiger charge is -2.39. The first-order chi connectivity index (χ1) is 8.85. The van der Waals surface area contributed by atoms with Gasteiger partial charge < -0.3 is 10.6 Å². The number of rotatable bonds is 3. The first-order valence-corrected chi connectivity index (χ1v) is 7.42. The lowest BCUT2D eigenvalue weighted by atomic mass is 9.84. The van der Waals surface area contributed by atoms with E-state index in [1.54, 1.807) is 0 Å². The van der Waals surface area contributed by atoms with E-state index in [1.807, 2.05) is 0 Å². The van der Waals surface area contributed by atoms with Gasteiger partial charge >= 0.3 is 0 Å². The van der Waals surface area contributed by atoms with Crippen molar-refractivity contribution in [1.82, 2.24) is 4.90 Å². The van der Waals surface area contributed by atoms with E-state index in [4.69, 9.17) is 5.73 Å². The Morgan fingerprint density at radius 1 is 1.21 bits per heavy atom. The van der Waals surface area contributed by atoms with E-state index in [0.29, 0.717) is 5.41 Å². The zero-order valence-corrected chi connectivity index (χ0v) is 12.9. The van der Waals surface area contributed by atoms with Crippen molar-refractivity contribution >= 4 is 0 Å². The highest BCUT2D eigenvalue weighted by Gasteiger charge is 2.27. The summed E-state index contributed by atoms with van der Waals surface area (Å²) < 4.78 is 0. The van der Waals surface area contributed by atoms with Gasteiger partial charge in [-0.3, -0.25) is 0 Å². The average molecular weight is 260 g/mol. The third kappa shape index (κ3) is 4.05. The maximum Gasteiger partial charge on any atom is 0.0424 e. The van der Waals surface area contributed by atoms with Crippen molar-refractivity contribution in [2.45, 2.75) is 46.6 Å². The standard InChI is InChI=1S/C17H28N2/c1-13-8-14(2)10-15(9-13)16(18)11-19-7-5-6-17(3,4)12-19/h8-10,16H,5-7,11-12,18H2,1-4H3. The molecule has 0 aromatic heterocycles. The smallest absolute Gasteiger partial charge is 0.0424 e. The average Bonchev–Trinajstić information content (AvgIpc) is 2.26. The van der Waals surface area contributed by atoms with Gasteiger partial charge in [0.25, 0.3) is 0 Å². The number of hydrogen-bond acceptors (Lipinski definition) is 2. The molecule has 0 aliphatic carbocycles. The zero-order valence-electron chi connectivity index (χ0n) is 12.9. The minimum Gasteiger partial charge on any atom is -0.323 e. The van der Waals surface area contributed by atoms with Crippen LogP contribution in [0.25, 0.3) is 0 Å². The molecule has 0 bridgehead atoms. The fraction of sp³-hybridized carbons (Fsp3) is 0.647. The van der Waals surface area contributed by atoms with Crippen LogP contribution in [0.1, 0.15) is 49.4 Å². The van der Waals surface area contributed by atoms with Gasteiger partial charge in [-0.1, -0.05) is 43.2 Å². The molecule has 1 aromatic carbocycles. The van der Waals surface area contributed by atoms with Gasteiger partial charge in [0.1, 0.15) is 0 Å². The van der Waals surface area contributed by atoms with Crippen molar-refractivity contribution < 1.29 is 0 Å². The molecular weight excluding hydrogens is 232 g/mol. The summed E-state index contributed by atoms with van der Waals surface area (Å²) in [7, 11) is 0. The fourth-order valence-electron chi connectivity index (χ4n) is 3.31. The van der Waals surface area contributed by atoms with E-state index >= 15 is 0 Å². The minimum absolute atomic E-state index is 0.132. The summed E-state index contributed by atoms with van der Waals surface area (Å²) in [5.74, 6) is 0. The number of hydrogen-bond donors (Lipinski definition) is 1. The predicted molar refractivity (Wildman–Crippen MR) is 82.3 cm³/mol. The van der Waals surface area contributed by atoms with Crippen LogP contribution in [0, 0.1) is 19.3 Å². The van der Waals surface area contributed by atoms with Crippen LogP contribution in [0.15, 0.2) is 18.2 Å². The van der Waals surface area contributed by atoms with Gasteiger partial charge in [0.15, 0.2) is 0 Å². The monoisotopic (exact) mass is 260 g/mol. The molecule has 1 fully saturated rings. The second-order valence-corrected chi connectivity index (χ2v) is 7.03. The zero-order chi connectivity index (χ0) is 14.0. The highest BCUT2D eigenvalue weighted by Crippen LogP contribution is 2.29. The van der Waals surface area contributed by atoms with Crippen LogP contribution in [0.5, 0.6) is 0 Å². The third-order valence-electron chi connectivity index (χ3n) is 4.11. The molecule has 1 atom stereocenters. The normalized spacial score (nSPS) is 21.3. The van der Waals surface area contributed by atoms with Crippen molar-refractivity contribution in [1.29, 1.82) is 0 Å². The summed E-state index contributed by atoms with van der Waals surface area (Å²) in [5, 5.41) is 0. The summed E-state index contributed by atoms with van der Waals surface area (Å²) >= 11 is 0.